The summed E-state index contributed by atoms with van der Waals surface area (Å²) in [6, 6.07) is 12.7. The molecule has 0 saturated carbocycles. The number of fused-ring (bicyclic) bond motifs is 1. The molecule has 0 aliphatic rings. The second-order valence-corrected chi connectivity index (χ2v) is 7.74. The van der Waals surface area contributed by atoms with Gasteiger partial charge < -0.3 is 24.5 Å². The summed E-state index contributed by atoms with van der Waals surface area (Å²) >= 11 is 0. The van der Waals surface area contributed by atoms with Crippen LogP contribution in [0.1, 0.15) is 32.2 Å². The van der Waals surface area contributed by atoms with Gasteiger partial charge in [-0.25, -0.2) is 9.78 Å². The first-order valence-electron chi connectivity index (χ1n) is 9.52. The normalized spacial score (nSPS) is 11.4. The Labute approximate surface area is 170 Å². The van der Waals surface area contributed by atoms with Crippen molar-refractivity contribution >= 4 is 22.8 Å². The number of oxazole rings is 1. The average molecular weight is 397 g/mol. The van der Waals surface area contributed by atoms with Gasteiger partial charge in [0, 0.05) is 24.8 Å². The molecule has 7 nitrogen and oxygen atoms in total. The van der Waals surface area contributed by atoms with Crippen molar-refractivity contribution in [2.75, 3.05) is 25.6 Å². The van der Waals surface area contributed by atoms with E-state index in [1.807, 2.05) is 51.1 Å². The molecule has 0 atom stereocenters. The summed E-state index contributed by atoms with van der Waals surface area (Å²) in [6.07, 6.45) is 0. The van der Waals surface area contributed by atoms with Crippen molar-refractivity contribution < 1.29 is 18.7 Å². The number of urea groups is 1. The van der Waals surface area contributed by atoms with Gasteiger partial charge in [-0.3, -0.25) is 0 Å². The third kappa shape index (κ3) is 5.71. The Morgan fingerprint density at radius 3 is 2.55 bits per heavy atom. The lowest BCUT2D eigenvalue weighted by Crippen LogP contribution is -2.28. The predicted octanol–water partition coefficient (Wildman–Crippen LogP) is 4.47. The third-order valence-corrected chi connectivity index (χ3v) is 4.22. The molecular weight excluding hydrogens is 370 g/mol. The number of amides is 2. The molecule has 0 saturated heterocycles. The molecule has 3 aromatic rings. The van der Waals surface area contributed by atoms with Gasteiger partial charge in [-0.05, 0) is 35.9 Å². The Balaban J connectivity index is 1.54. The van der Waals surface area contributed by atoms with Crippen LogP contribution in [0.25, 0.3) is 11.1 Å². The molecule has 2 amide bonds. The summed E-state index contributed by atoms with van der Waals surface area (Å²) in [4.78, 5) is 16.7. The lowest BCUT2D eigenvalue weighted by atomic mass is 9.97. The van der Waals surface area contributed by atoms with Crippen molar-refractivity contribution in [3.8, 4) is 5.75 Å². The average Bonchev–Trinajstić information content (AvgIpc) is 3.11. The number of methoxy groups -OCH3 is 1. The molecule has 7 heteroatoms. The van der Waals surface area contributed by atoms with Gasteiger partial charge in [0.05, 0.1) is 6.61 Å². The van der Waals surface area contributed by atoms with Crippen molar-refractivity contribution in [3.63, 3.8) is 0 Å². The summed E-state index contributed by atoms with van der Waals surface area (Å²) < 4.78 is 16.3. The number of carbonyl (C=O) groups excluding carboxylic acids is 1. The van der Waals surface area contributed by atoms with Gasteiger partial charge in [-0.2, -0.15) is 0 Å². The molecular formula is C22H27N3O4. The maximum atomic E-state index is 12.2. The summed E-state index contributed by atoms with van der Waals surface area (Å²) in [7, 11) is 1.63. The zero-order valence-electron chi connectivity index (χ0n) is 17.2. The molecule has 0 bridgehead atoms. The van der Waals surface area contributed by atoms with Gasteiger partial charge in [-0.1, -0.05) is 32.9 Å². The summed E-state index contributed by atoms with van der Waals surface area (Å²) in [5, 5.41) is 5.67. The molecule has 29 heavy (non-hydrogen) atoms. The van der Waals surface area contributed by atoms with Crippen molar-refractivity contribution in [1.29, 1.82) is 0 Å². The number of carbonyl (C=O) groups is 1. The molecule has 2 N–H and O–H groups in total. The molecule has 0 unspecified atom stereocenters. The smallest absolute Gasteiger partial charge is 0.319 e. The van der Waals surface area contributed by atoms with Crippen LogP contribution in [-0.4, -0.2) is 31.3 Å². The van der Waals surface area contributed by atoms with E-state index in [4.69, 9.17) is 13.9 Å². The Kier molecular flexibility index (Phi) is 6.39. The van der Waals surface area contributed by atoms with E-state index in [1.165, 1.54) is 0 Å². The molecule has 3 rings (SSSR count). The van der Waals surface area contributed by atoms with Crippen LogP contribution in [0.5, 0.6) is 5.75 Å². The number of benzene rings is 2. The van der Waals surface area contributed by atoms with Gasteiger partial charge in [0.15, 0.2) is 5.58 Å². The molecule has 1 heterocycles. The summed E-state index contributed by atoms with van der Waals surface area (Å²) in [5.74, 6) is 1.44. The van der Waals surface area contributed by atoms with Crippen LogP contribution >= 0.6 is 0 Å². The van der Waals surface area contributed by atoms with E-state index in [9.17, 15) is 4.79 Å². The molecule has 0 radical (unpaired) electrons. The van der Waals surface area contributed by atoms with Gasteiger partial charge in [0.2, 0.25) is 5.89 Å². The van der Waals surface area contributed by atoms with Crippen LogP contribution < -0.4 is 15.4 Å². The minimum absolute atomic E-state index is 0.172. The monoisotopic (exact) mass is 397 g/mol. The highest BCUT2D eigenvalue weighted by Crippen LogP contribution is 2.27. The van der Waals surface area contributed by atoms with Gasteiger partial charge in [0.1, 0.15) is 17.9 Å². The van der Waals surface area contributed by atoms with Crippen LogP contribution in [0, 0.1) is 0 Å². The fraction of sp³-hybridized carbons (Fsp3) is 0.364. The maximum Gasteiger partial charge on any atom is 0.319 e. The van der Waals surface area contributed by atoms with Crippen LogP contribution in [-0.2, 0) is 16.7 Å². The SMILES string of the molecule is COCCOc1ccc(CNC(=O)Nc2ccc3oc(C(C)(C)C)nc3c2)cc1. The Hall–Kier alpha value is -3.06. The summed E-state index contributed by atoms with van der Waals surface area (Å²) in [5.41, 5.74) is 2.88. The van der Waals surface area contributed by atoms with Gasteiger partial charge in [0.25, 0.3) is 0 Å². The number of ether oxygens (including phenoxy) is 2. The molecule has 1 aromatic heterocycles. The van der Waals surface area contributed by atoms with E-state index in [-0.39, 0.29) is 11.4 Å². The standard InChI is InChI=1S/C22H27N3O4/c1-22(2,3)20-25-18-13-16(7-10-19(18)29-20)24-21(26)23-14-15-5-8-17(9-6-15)28-12-11-27-4/h5-10,13H,11-12,14H2,1-4H3,(H2,23,24,26). The lowest BCUT2D eigenvalue weighted by molar-refractivity contribution is 0.146. The van der Waals surface area contributed by atoms with Crippen molar-refractivity contribution in [2.45, 2.75) is 32.7 Å². The van der Waals surface area contributed by atoms with E-state index in [2.05, 4.69) is 15.6 Å². The third-order valence-electron chi connectivity index (χ3n) is 4.22. The summed E-state index contributed by atoms with van der Waals surface area (Å²) in [6.45, 7) is 7.59. The van der Waals surface area contributed by atoms with E-state index >= 15 is 0 Å². The Morgan fingerprint density at radius 1 is 1.10 bits per heavy atom. The Morgan fingerprint density at radius 2 is 1.86 bits per heavy atom. The second-order valence-electron chi connectivity index (χ2n) is 7.74. The van der Waals surface area contributed by atoms with Crippen LogP contribution in [0.3, 0.4) is 0 Å². The minimum Gasteiger partial charge on any atom is -0.491 e. The van der Waals surface area contributed by atoms with Crippen LogP contribution in [0.15, 0.2) is 46.9 Å². The number of hydrogen-bond donors (Lipinski definition) is 2. The van der Waals surface area contributed by atoms with Gasteiger partial charge >= 0.3 is 6.03 Å². The second kappa shape index (κ2) is 8.96. The van der Waals surface area contributed by atoms with Crippen molar-refractivity contribution in [1.82, 2.24) is 10.3 Å². The fourth-order valence-corrected chi connectivity index (χ4v) is 2.63. The minimum atomic E-state index is -0.288. The first kappa shape index (κ1) is 20.7. The molecule has 2 aromatic carbocycles. The number of anilines is 1. The van der Waals surface area contributed by atoms with Crippen molar-refractivity contribution in [3.05, 3.63) is 53.9 Å². The van der Waals surface area contributed by atoms with E-state index in [1.54, 1.807) is 19.2 Å². The topological polar surface area (TPSA) is 85.6 Å². The zero-order chi connectivity index (χ0) is 20.9. The van der Waals surface area contributed by atoms with Crippen molar-refractivity contribution in [2.24, 2.45) is 0 Å². The predicted molar refractivity (Wildman–Crippen MR) is 112 cm³/mol. The maximum absolute atomic E-state index is 12.2. The molecule has 0 spiro atoms. The first-order chi connectivity index (χ1) is 13.8. The highest BCUT2D eigenvalue weighted by Gasteiger charge is 2.21. The number of aromatic nitrogens is 1. The first-order valence-corrected chi connectivity index (χ1v) is 9.52. The van der Waals surface area contributed by atoms with Crippen LogP contribution in [0.2, 0.25) is 0 Å². The quantitative estimate of drug-likeness (QED) is 0.575. The molecule has 0 aliphatic heterocycles. The highest BCUT2D eigenvalue weighted by molar-refractivity contribution is 5.91. The number of nitrogens with one attached hydrogen (secondary N) is 2. The van der Waals surface area contributed by atoms with E-state index in [0.29, 0.717) is 36.9 Å². The fourth-order valence-electron chi connectivity index (χ4n) is 2.63. The lowest BCUT2D eigenvalue weighted by Gasteiger charge is -2.11. The number of nitrogens with zero attached hydrogens (tertiary/aromatic N) is 1. The van der Waals surface area contributed by atoms with Crippen LogP contribution in [0.4, 0.5) is 10.5 Å². The largest absolute Gasteiger partial charge is 0.491 e. The van der Waals surface area contributed by atoms with E-state index in [0.717, 1.165) is 16.8 Å². The highest BCUT2D eigenvalue weighted by atomic mass is 16.5. The zero-order valence-corrected chi connectivity index (χ0v) is 17.2. The molecule has 154 valence electrons. The number of hydrogen-bond acceptors (Lipinski definition) is 5. The number of rotatable bonds is 7. The Bertz CT molecular complexity index is 958. The molecule has 0 fully saturated rings. The molecule has 0 aliphatic carbocycles. The van der Waals surface area contributed by atoms with E-state index < -0.39 is 0 Å². The van der Waals surface area contributed by atoms with Gasteiger partial charge in [-0.15, -0.1) is 0 Å².